The molecule has 25 heavy (non-hydrogen) atoms. The number of hydrogen-bond acceptors (Lipinski definition) is 4. The predicted octanol–water partition coefficient (Wildman–Crippen LogP) is 1.43. The third kappa shape index (κ3) is 3.71. The number of nitrogens with zero attached hydrogens (tertiary/aromatic N) is 3. The molecule has 1 aromatic heterocycles. The Bertz CT molecular complexity index is 655. The number of hydrogen-bond donors (Lipinski definition) is 2. The molecule has 0 aliphatic carbocycles. The van der Waals surface area contributed by atoms with E-state index in [-0.39, 0.29) is 12.5 Å². The molecule has 7 heteroatoms. The molecule has 7 nitrogen and oxygen atoms in total. The van der Waals surface area contributed by atoms with Crippen LogP contribution in [-0.2, 0) is 23.1 Å². The summed E-state index contributed by atoms with van der Waals surface area (Å²) in [6.07, 6.45) is 1.35. The van der Waals surface area contributed by atoms with Crippen molar-refractivity contribution in [3.8, 4) is 0 Å². The number of β-amino-alcohol motifs (C(OH)–C–C–N with tert-alkyl or cyclic N) is 1. The van der Waals surface area contributed by atoms with Gasteiger partial charge in [0.05, 0.1) is 17.2 Å². The number of carboxylic acid groups (broad SMARTS) is 1. The van der Waals surface area contributed by atoms with Gasteiger partial charge in [-0.05, 0) is 38.7 Å². The minimum atomic E-state index is -1.12. The molecule has 0 spiro atoms. The quantitative estimate of drug-likeness (QED) is 0.808. The third-order valence-corrected chi connectivity index (χ3v) is 5.58. The SMILES string of the molecule is CCC[C@]1(C(=O)O)CCN(C(=O)CCc2c(C)nn(C)c2C)C[C@@H]1O. The average molecular weight is 351 g/mol. The number of aryl methyl sites for hydroxylation is 2. The molecule has 1 aromatic rings. The van der Waals surface area contributed by atoms with E-state index in [1.807, 2.05) is 32.5 Å². The lowest BCUT2D eigenvalue weighted by atomic mass is 9.72. The third-order valence-electron chi connectivity index (χ3n) is 5.58. The summed E-state index contributed by atoms with van der Waals surface area (Å²) in [6.45, 7) is 6.30. The van der Waals surface area contributed by atoms with Crippen molar-refractivity contribution in [1.82, 2.24) is 14.7 Å². The van der Waals surface area contributed by atoms with E-state index in [9.17, 15) is 19.8 Å². The van der Waals surface area contributed by atoms with Crippen LogP contribution in [-0.4, -0.2) is 56.0 Å². The van der Waals surface area contributed by atoms with E-state index in [4.69, 9.17) is 0 Å². The van der Waals surface area contributed by atoms with Crippen molar-refractivity contribution in [1.29, 1.82) is 0 Å². The zero-order valence-electron chi connectivity index (χ0n) is 15.6. The second kappa shape index (κ2) is 7.56. The lowest BCUT2D eigenvalue weighted by Crippen LogP contribution is -2.56. The number of aliphatic hydroxyl groups excluding tert-OH is 1. The van der Waals surface area contributed by atoms with Crippen LogP contribution in [0, 0.1) is 19.3 Å². The van der Waals surface area contributed by atoms with Crippen molar-refractivity contribution in [2.24, 2.45) is 12.5 Å². The first kappa shape index (κ1) is 19.4. The molecule has 0 bridgehead atoms. The van der Waals surface area contributed by atoms with Crippen molar-refractivity contribution < 1.29 is 19.8 Å². The Labute approximate surface area is 148 Å². The van der Waals surface area contributed by atoms with E-state index < -0.39 is 17.5 Å². The summed E-state index contributed by atoms with van der Waals surface area (Å²) in [7, 11) is 1.88. The molecule has 1 amide bonds. The highest BCUT2D eigenvalue weighted by Gasteiger charge is 2.48. The summed E-state index contributed by atoms with van der Waals surface area (Å²) < 4.78 is 1.81. The van der Waals surface area contributed by atoms with E-state index >= 15 is 0 Å². The van der Waals surface area contributed by atoms with E-state index in [1.54, 1.807) is 4.90 Å². The van der Waals surface area contributed by atoms with Crippen LogP contribution in [0.2, 0.25) is 0 Å². The van der Waals surface area contributed by atoms with Gasteiger partial charge in [-0.1, -0.05) is 13.3 Å². The van der Waals surface area contributed by atoms with Crippen molar-refractivity contribution in [3.05, 3.63) is 17.0 Å². The van der Waals surface area contributed by atoms with Crippen molar-refractivity contribution in [2.75, 3.05) is 13.1 Å². The number of amides is 1. The number of rotatable bonds is 6. The lowest BCUT2D eigenvalue weighted by molar-refractivity contribution is -0.167. The summed E-state index contributed by atoms with van der Waals surface area (Å²) in [4.78, 5) is 25.8. The zero-order chi connectivity index (χ0) is 18.8. The monoisotopic (exact) mass is 351 g/mol. The van der Waals surface area contributed by atoms with Gasteiger partial charge < -0.3 is 15.1 Å². The number of likely N-dealkylation sites (tertiary alicyclic amines) is 1. The molecule has 2 atom stereocenters. The molecule has 0 unspecified atom stereocenters. The summed E-state index contributed by atoms with van der Waals surface area (Å²) in [6, 6.07) is 0. The average Bonchev–Trinajstić information content (AvgIpc) is 2.79. The smallest absolute Gasteiger partial charge is 0.312 e. The Balaban J connectivity index is 1.99. The number of carbonyl (C=O) groups is 2. The maximum Gasteiger partial charge on any atom is 0.312 e. The first-order chi connectivity index (χ1) is 11.7. The number of carboxylic acids is 1. The van der Waals surface area contributed by atoms with Gasteiger partial charge in [-0.15, -0.1) is 0 Å². The van der Waals surface area contributed by atoms with Gasteiger partial charge in [-0.25, -0.2) is 0 Å². The summed E-state index contributed by atoms with van der Waals surface area (Å²) in [5.41, 5.74) is 1.94. The molecule has 1 aliphatic rings. The Kier molecular flexibility index (Phi) is 5.87. The molecule has 0 aromatic carbocycles. The molecule has 1 fully saturated rings. The minimum Gasteiger partial charge on any atom is -0.481 e. The predicted molar refractivity (Wildman–Crippen MR) is 93.2 cm³/mol. The maximum atomic E-state index is 12.5. The molecule has 140 valence electrons. The highest BCUT2D eigenvalue weighted by molar-refractivity contribution is 5.79. The van der Waals surface area contributed by atoms with Gasteiger partial charge in [0, 0.05) is 32.3 Å². The highest BCUT2D eigenvalue weighted by Crippen LogP contribution is 2.37. The second-order valence-corrected chi connectivity index (χ2v) is 7.09. The highest BCUT2D eigenvalue weighted by atomic mass is 16.4. The van der Waals surface area contributed by atoms with Crippen molar-refractivity contribution >= 4 is 11.9 Å². The van der Waals surface area contributed by atoms with Crippen LogP contribution in [0.1, 0.15) is 49.6 Å². The summed E-state index contributed by atoms with van der Waals surface area (Å²) >= 11 is 0. The zero-order valence-corrected chi connectivity index (χ0v) is 15.6. The molecular formula is C18H29N3O4. The molecule has 2 rings (SSSR count). The molecular weight excluding hydrogens is 322 g/mol. The van der Waals surface area contributed by atoms with Crippen LogP contribution in [0.5, 0.6) is 0 Å². The maximum absolute atomic E-state index is 12.5. The molecule has 0 radical (unpaired) electrons. The lowest BCUT2D eigenvalue weighted by Gasteiger charge is -2.42. The largest absolute Gasteiger partial charge is 0.481 e. The first-order valence-corrected chi connectivity index (χ1v) is 8.91. The van der Waals surface area contributed by atoms with Crippen LogP contribution in [0.4, 0.5) is 0 Å². The minimum absolute atomic E-state index is 0.0443. The summed E-state index contributed by atoms with van der Waals surface area (Å²) in [5.74, 6) is -1.01. The Morgan fingerprint density at radius 3 is 2.52 bits per heavy atom. The molecule has 1 aliphatic heterocycles. The second-order valence-electron chi connectivity index (χ2n) is 7.09. The van der Waals surface area contributed by atoms with Crippen molar-refractivity contribution in [2.45, 2.75) is 59.0 Å². The fourth-order valence-electron chi connectivity index (χ4n) is 3.87. The number of carbonyl (C=O) groups excluding carboxylic acids is 1. The van der Waals surface area contributed by atoms with Crippen LogP contribution >= 0.6 is 0 Å². The topological polar surface area (TPSA) is 95.7 Å². The number of aliphatic hydroxyl groups is 1. The first-order valence-electron chi connectivity index (χ1n) is 8.91. The van der Waals surface area contributed by atoms with Crippen LogP contribution < -0.4 is 0 Å². The van der Waals surface area contributed by atoms with Gasteiger partial charge in [0.25, 0.3) is 0 Å². The van der Waals surface area contributed by atoms with Gasteiger partial charge in [-0.3, -0.25) is 14.3 Å². The van der Waals surface area contributed by atoms with E-state index in [0.717, 1.165) is 17.0 Å². The standard InChI is InChI=1S/C18H29N3O4/c1-5-8-18(17(24)25)9-10-21(11-15(18)22)16(23)7-6-14-12(2)19-20(4)13(14)3/h15,22H,5-11H2,1-4H3,(H,24,25)/t15-,18-/m0/s1. The molecule has 1 saturated heterocycles. The fourth-order valence-corrected chi connectivity index (χ4v) is 3.87. The molecule has 2 heterocycles. The summed E-state index contributed by atoms with van der Waals surface area (Å²) in [5, 5.41) is 24.3. The molecule has 2 N–H and O–H groups in total. The fraction of sp³-hybridized carbons (Fsp3) is 0.722. The van der Waals surface area contributed by atoms with Crippen LogP contribution in [0.15, 0.2) is 0 Å². The van der Waals surface area contributed by atoms with Gasteiger partial charge in [0.1, 0.15) is 0 Å². The Hall–Kier alpha value is -1.89. The number of aliphatic carboxylic acids is 1. The van der Waals surface area contributed by atoms with Gasteiger partial charge in [-0.2, -0.15) is 5.10 Å². The van der Waals surface area contributed by atoms with E-state index in [1.165, 1.54) is 0 Å². The Morgan fingerprint density at radius 1 is 1.36 bits per heavy atom. The van der Waals surface area contributed by atoms with E-state index in [0.29, 0.717) is 38.6 Å². The van der Waals surface area contributed by atoms with Crippen LogP contribution in [0.3, 0.4) is 0 Å². The van der Waals surface area contributed by atoms with Crippen molar-refractivity contribution in [3.63, 3.8) is 0 Å². The Morgan fingerprint density at radius 2 is 2.04 bits per heavy atom. The van der Waals surface area contributed by atoms with Gasteiger partial charge in [0.15, 0.2) is 0 Å². The van der Waals surface area contributed by atoms with Gasteiger partial charge in [0.2, 0.25) is 5.91 Å². The number of piperidine rings is 1. The van der Waals surface area contributed by atoms with Gasteiger partial charge >= 0.3 is 5.97 Å². The number of aromatic nitrogens is 2. The normalized spacial score (nSPS) is 23.7. The van der Waals surface area contributed by atoms with E-state index in [2.05, 4.69) is 5.10 Å². The van der Waals surface area contributed by atoms with Crippen LogP contribution in [0.25, 0.3) is 0 Å². The molecule has 0 saturated carbocycles.